The first kappa shape index (κ1) is 14.3. The molecule has 2 N–H and O–H groups in total. The third-order valence-electron chi connectivity index (χ3n) is 2.68. The standard InChI is InChI=1S/C12H14Cl2N4O/c13-10-5-15-6-11(14)9(10)7-18(3-4-19)8-12-16-1-2-17-12/h1-2,5-6,19H,3-4,7-8H2,(H,16,17). The molecule has 102 valence electrons. The third kappa shape index (κ3) is 3.91. The van der Waals surface area contributed by atoms with Gasteiger partial charge in [-0.05, 0) is 0 Å². The van der Waals surface area contributed by atoms with Crippen LogP contribution in [0.5, 0.6) is 0 Å². The van der Waals surface area contributed by atoms with Crippen LogP contribution in [0.1, 0.15) is 11.4 Å². The molecule has 0 fully saturated rings. The number of hydrogen-bond donors (Lipinski definition) is 2. The van der Waals surface area contributed by atoms with Crippen molar-refractivity contribution >= 4 is 23.2 Å². The van der Waals surface area contributed by atoms with E-state index in [9.17, 15) is 0 Å². The van der Waals surface area contributed by atoms with E-state index in [1.807, 2.05) is 4.90 Å². The van der Waals surface area contributed by atoms with Gasteiger partial charge >= 0.3 is 0 Å². The van der Waals surface area contributed by atoms with Gasteiger partial charge < -0.3 is 10.1 Å². The molecule has 0 amide bonds. The molecular formula is C12H14Cl2N4O. The maximum Gasteiger partial charge on any atom is 0.120 e. The van der Waals surface area contributed by atoms with Gasteiger partial charge in [0, 0.05) is 43.4 Å². The number of nitrogens with zero attached hydrogens (tertiary/aromatic N) is 3. The van der Waals surface area contributed by atoms with E-state index in [-0.39, 0.29) is 6.61 Å². The number of halogens is 2. The van der Waals surface area contributed by atoms with E-state index >= 15 is 0 Å². The Morgan fingerprint density at radius 1 is 1.21 bits per heavy atom. The Morgan fingerprint density at radius 3 is 2.53 bits per heavy atom. The quantitative estimate of drug-likeness (QED) is 0.857. The zero-order valence-corrected chi connectivity index (χ0v) is 11.7. The first-order valence-corrected chi connectivity index (χ1v) is 6.55. The number of rotatable bonds is 6. The van der Waals surface area contributed by atoms with Crippen molar-refractivity contribution in [2.45, 2.75) is 13.1 Å². The molecule has 0 bridgehead atoms. The topological polar surface area (TPSA) is 65.0 Å². The Morgan fingerprint density at radius 2 is 1.95 bits per heavy atom. The highest BCUT2D eigenvalue weighted by atomic mass is 35.5. The zero-order chi connectivity index (χ0) is 13.7. The third-order valence-corrected chi connectivity index (χ3v) is 3.33. The van der Waals surface area contributed by atoms with Gasteiger partial charge in [-0.1, -0.05) is 23.2 Å². The number of pyridine rings is 1. The lowest BCUT2D eigenvalue weighted by molar-refractivity contribution is 0.181. The number of aliphatic hydroxyl groups excluding tert-OH is 1. The summed E-state index contributed by atoms with van der Waals surface area (Å²) in [5, 5.41) is 10.2. The Hall–Kier alpha value is -1.14. The summed E-state index contributed by atoms with van der Waals surface area (Å²) in [7, 11) is 0. The molecule has 5 nitrogen and oxygen atoms in total. The zero-order valence-electron chi connectivity index (χ0n) is 10.2. The van der Waals surface area contributed by atoms with Crippen molar-refractivity contribution < 1.29 is 5.11 Å². The Kier molecular flexibility index (Phi) is 5.15. The molecule has 0 atom stereocenters. The first-order chi connectivity index (χ1) is 9.20. The Labute approximate surface area is 121 Å². The Bertz CT molecular complexity index is 498. The van der Waals surface area contributed by atoms with Gasteiger partial charge in [-0.2, -0.15) is 0 Å². The second-order valence-electron chi connectivity index (χ2n) is 4.05. The van der Waals surface area contributed by atoms with Crippen LogP contribution in [0.2, 0.25) is 10.0 Å². The van der Waals surface area contributed by atoms with Gasteiger partial charge in [0.1, 0.15) is 5.82 Å². The molecule has 0 aliphatic carbocycles. The van der Waals surface area contributed by atoms with E-state index < -0.39 is 0 Å². The van der Waals surface area contributed by atoms with Crippen molar-refractivity contribution in [1.82, 2.24) is 19.9 Å². The fourth-order valence-corrected chi connectivity index (χ4v) is 2.25. The monoisotopic (exact) mass is 300 g/mol. The van der Waals surface area contributed by atoms with Crippen molar-refractivity contribution in [3.63, 3.8) is 0 Å². The minimum atomic E-state index is 0.0566. The highest BCUT2D eigenvalue weighted by Gasteiger charge is 2.13. The summed E-state index contributed by atoms with van der Waals surface area (Å²) in [5.74, 6) is 0.828. The number of H-pyrrole nitrogens is 1. The van der Waals surface area contributed by atoms with Crippen LogP contribution in [0.15, 0.2) is 24.8 Å². The van der Waals surface area contributed by atoms with Crippen LogP contribution < -0.4 is 0 Å². The molecule has 0 saturated carbocycles. The molecule has 2 aromatic rings. The van der Waals surface area contributed by atoms with Crippen molar-refractivity contribution in [2.24, 2.45) is 0 Å². The minimum absolute atomic E-state index is 0.0566. The van der Waals surface area contributed by atoms with Crippen LogP contribution in [0.3, 0.4) is 0 Å². The normalized spacial score (nSPS) is 11.2. The van der Waals surface area contributed by atoms with Gasteiger partial charge in [0.2, 0.25) is 0 Å². The van der Waals surface area contributed by atoms with Gasteiger partial charge in [-0.15, -0.1) is 0 Å². The molecule has 0 aliphatic rings. The fourth-order valence-electron chi connectivity index (χ4n) is 1.76. The van der Waals surface area contributed by atoms with Gasteiger partial charge in [-0.25, -0.2) is 4.98 Å². The number of aromatic nitrogens is 3. The van der Waals surface area contributed by atoms with Crippen LogP contribution in [-0.2, 0) is 13.1 Å². The number of imidazole rings is 1. The van der Waals surface area contributed by atoms with Gasteiger partial charge in [0.05, 0.1) is 23.2 Å². The predicted octanol–water partition coefficient (Wildman–Crippen LogP) is 2.11. The lowest BCUT2D eigenvalue weighted by atomic mass is 10.2. The fraction of sp³-hybridized carbons (Fsp3) is 0.333. The first-order valence-electron chi connectivity index (χ1n) is 5.80. The highest BCUT2D eigenvalue weighted by molar-refractivity contribution is 6.35. The van der Waals surface area contributed by atoms with Gasteiger partial charge in [0.25, 0.3) is 0 Å². The molecule has 2 heterocycles. The molecule has 0 spiro atoms. The predicted molar refractivity (Wildman–Crippen MR) is 74.0 cm³/mol. The molecule has 19 heavy (non-hydrogen) atoms. The van der Waals surface area contributed by atoms with E-state index in [2.05, 4.69) is 15.0 Å². The second-order valence-corrected chi connectivity index (χ2v) is 4.87. The average Bonchev–Trinajstić information content (AvgIpc) is 2.87. The lowest BCUT2D eigenvalue weighted by Gasteiger charge is -2.21. The summed E-state index contributed by atoms with van der Waals surface area (Å²) in [5.41, 5.74) is 0.804. The van der Waals surface area contributed by atoms with Crippen molar-refractivity contribution in [1.29, 1.82) is 0 Å². The maximum atomic E-state index is 9.13. The summed E-state index contributed by atoms with van der Waals surface area (Å²) < 4.78 is 0. The van der Waals surface area contributed by atoms with Crippen LogP contribution >= 0.6 is 23.2 Å². The Balaban J connectivity index is 2.12. The van der Waals surface area contributed by atoms with E-state index in [0.29, 0.717) is 29.7 Å². The number of aromatic amines is 1. The lowest BCUT2D eigenvalue weighted by Crippen LogP contribution is -2.27. The van der Waals surface area contributed by atoms with Crippen LogP contribution in [0.4, 0.5) is 0 Å². The minimum Gasteiger partial charge on any atom is -0.395 e. The molecule has 0 saturated heterocycles. The molecule has 2 aromatic heterocycles. The molecule has 0 aliphatic heterocycles. The van der Waals surface area contributed by atoms with E-state index in [1.165, 1.54) is 0 Å². The van der Waals surface area contributed by atoms with Crippen LogP contribution in [0.25, 0.3) is 0 Å². The maximum absolute atomic E-state index is 9.13. The number of nitrogens with one attached hydrogen (secondary N) is 1. The summed E-state index contributed by atoms with van der Waals surface area (Å²) in [6.07, 6.45) is 6.58. The molecule has 0 radical (unpaired) electrons. The van der Waals surface area contributed by atoms with Gasteiger partial charge in [0.15, 0.2) is 0 Å². The van der Waals surface area contributed by atoms with E-state index in [0.717, 1.165) is 11.4 Å². The highest BCUT2D eigenvalue weighted by Crippen LogP contribution is 2.24. The summed E-state index contributed by atoms with van der Waals surface area (Å²) >= 11 is 12.2. The van der Waals surface area contributed by atoms with E-state index in [4.69, 9.17) is 28.3 Å². The SMILES string of the molecule is OCCN(Cc1ncc[nH]1)Cc1c(Cl)cncc1Cl. The number of aliphatic hydroxyl groups is 1. The summed E-state index contributed by atoms with van der Waals surface area (Å²) in [6, 6.07) is 0. The van der Waals surface area contributed by atoms with E-state index in [1.54, 1.807) is 24.8 Å². The smallest absolute Gasteiger partial charge is 0.120 e. The molecule has 2 rings (SSSR count). The van der Waals surface area contributed by atoms with Crippen LogP contribution in [0, 0.1) is 0 Å². The molecule has 0 aromatic carbocycles. The summed E-state index contributed by atoms with van der Waals surface area (Å²) in [4.78, 5) is 13.1. The van der Waals surface area contributed by atoms with Crippen molar-refractivity contribution in [2.75, 3.05) is 13.2 Å². The largest absolute Gasteiger partial charge is 0.395 e. The van der Waals surface area contributed by atoms with Crippen LogP contribution in [-0.4, -0.2) is 38.1 Å². The molecular weight excluding hydrogens is 287 g/mol. The van der Waals surface area contributed by atoms with Crippen molar-refractivity contribution in [3.05, 3.63) is 46.2 Å². The number of hydrogen-bond acceptors (Lipinski definition) is 4. The second kappa shape index (κ2) is 6.86. The molecule has 7 heteroatoms. The summed E-state index contributed by atoms with van der Waals surface area (Å²) in [6.45, 7) is 1.68. The van der Waals surface area contributed by atoms with Gasteiger partial charge in [-0.3, -0.25) is 9.88 Å². The molecule has 0 unspecified atom stereocenters. The average molecular weight is 301 g/mol. The van der Waals surface area contributed by atoms with Crippen molar-refractivity contribution in [3.8, 4) is 0 Å².